The van der Waals surface area contributed by atoms with E-state index in [1.165, 1.54) is 23.2 Å². The lowest BCUT2D eigenvalue weighted by atomic mass is 10.1. The lowest BCUT2D eigenvalue weighted by Crippen LogP contribution is -2.35. The molecule has 2 amide bonds. The third kappa shape index (κ3) is 4.25. The molecule has 2 aromatic carbocycles. The van der Waals surface area contributed by atoms with Crippen LogP contribution in [0.4, 0.5) is 10.1 Å². The van der Waals surface area contributed by atoms with Gasteiger partial charge in [-0.3, -0.25) is 14.7 Å². The van der Waals surface area contributed by atoms with E-state index >= 15 is 0 Å². The molecule has 0 atom stereocenters. The van der Waals surface area contributed by atoms with Crippen molar-refractivity contribution in [2.75, 3.05) is 18.9 Å². The molecule has 1 heterocycles. The Morgan fingerprint density at radius 1 is 1.14 bits per heavy atom. The summed E-state index contributed by atoms with van der Waals surface area (Å²) in [5.41, 5.74) is 3.20. The van der Waals surface area contributed by atoms with E-state index in [0.717, 1.165) is 17.7 Å². The molecule has 3 aromatic rings. The molecule has 144 valence electrons. The Labute approximate surface area is 162 Å². The summed E-state index contributed by atoms with van der Waals surface area (Å²) in [6.45, 7) is 1.90. The van der Waals surface area contributed by atoms with Gasteiger partial charge in [-0.25, -0.2) is 4.39 Å². The van der Waals surface area contributed by atoms with Crippen molar-refractivity contribution in [2.45, 2.75) is 13.3 Å². The number of anilines is 1. The Kier molecular flexibility index (Phi) is 5.84. The van der Waals surface area contributed by atoms with Crippen molar-refractivity contribution in [3.63, 3.8) is 0 Å². The van der Waals surface area contributed by atoms with E-state index in [0.29, 0.717) is 16.8 Å². The number of likely N-dealkylation sites (N-methyl/N-ethyl adjacent to an activating group) is 1. The molecule has 7 heteroatoms. The Morgan fingerprint density at radius 2 is 1.86 bits per heavy atom. The first kappa shape index (κ1) is 19.3. The first-order valence-electron chi connectivity index (χ1n) is 8.92. The van der Waals surface area contributed by atoms with Gasteiger partial charge in [0.1, 0.15) is 5.82 Å². The summed E-state index contributed by atoms with van der Waals surface area (Å²) in [6.07, 6.45) is 2.20. The van der Waals surface area contributed by atoms with Gasteiger partial charge in [0.25, 0.3) is 5.91 Å². The molecule has 3 rings (SSSR count). The summed E-state index contributed by atoms with van der Waals surface area (Å²) in [6, 6.07) is 13.3. The van der Waals surface area contributed by atoms with E-state index < -0.39 is 0 Å². The minimum absolute atomic E-state index is 0.106. The van der Waals surface area contributed by atoms with E-state index in [1.807, 2.05) is 31.2 Å². The number of para-hydroxylation sites is 1. The number of carbonyl (C=O) groups is 2. The first-order valence-corrected chi connectivity index (χ1v) is 8.92. The predicted octanol–water partition coefficient (Wildman–Crippen LogP) is 3.49. The number of rotatable bonds is 6. The number of hydrogen-bond donors (Lipinski definition) is 2. The van der Waals surface area contributed by atoms with Crippen LogP contribution in [0, 0.1) is 5.82 Å². The number of aromatic amines is 1. The maximum absolute atomic E-state index is 13.1. The number of carbonyl (C=O) groups excluding carboxylic acids is 2. The number of nitrogens with zero attached hydrogens (tertiary/aromatic N) is 2. The number of aromatic nitrogens is 2. The van der Waals surface area contributed by atoms with Crippen LogP contribution in [0.2, 0.25) is 0 Å². The molecule has 1 aromatic heterocycles. The average molecular weight is 380 g/mol. The number of benzene rings is 2. The number of nitrogens with one attached hydrogen (secondary N) is 2. The van der Waals surface area contributed by atoms with Gasteiger partial charge in [-0.15, -0.1) is 0 Å². The fourth-order valence-electron chi connectivity index (χ4n) is 2.92. The van der Waals surface area contributed by atoms with Gasteiger partial charge < -0.3 is 10.2 Å². The predicted molar refractivity (Wildman–Crippen MR) is 105 cm³/mol. The lowest BCUT2D eigenvalue weighted by molar-refractivity contribution is -0.116. The fraction of sp³-hybridized carbons (Fsp3) is 0.190. The summed E-state index contributed by atoms with van der Waals surface area (Å²) < 4.78 is 13.1. The zero-order chi connectivity index (χ0) is 20.1. The number of halogens is 1. The largest absolute Gasteiger partial charge is 0.332 e. The second-order valence-corrected chi connectivity index (χ2v) is 6.39. The van der Waals surface area contributed by atoms with Crippen LogP contribution in [-0.2, 0) is 11.2 Å². The van der Waals surface area contributed by atoms with E-state index in [4.69, 9.17) is 0 Å². The van der Waals surface area contributed by atoms with Crippen molar-refractivity contribution in [3.8, 4) is 11.3 Å². The molecule has 6 nitrogen and oxygen atoms in total. The zero-order valence-electron chi connectivity index (χ0n) is 15.7. The van der Waals surface area contributed by atoms with Crippen molar-refractivity contribution < 1.29 is 14.0 Å². The SMILES string of the molecule is CCc1ccccc1NC(=O)CN(C)C(=O)c1cn[nH]c1-c1ccc(F)cc1. The van der Waals surface area contributed by atoms with Gasteiger partial charge in [0.05, 0.1) is 24.0 Å². The van der Waals surface area contributed by atoms with Crippen LogP contribution in [0.25, 0.3) is 11.3 Å². The highest BCUT2D eigenvalue weighted by molar-refractivity contribution is 6.02. The Bertz CT molecular complexity index is 982. The summed E-state index contributed by atoms with van der Waals surface area (Å²) in [7, 11) is 1.55. The van der Waals surface area contributed by atoms with Crippen LogP contribution in [0.1, 0.15) is 22.8 Å². The molecule has 2 N–H and O–H groups in total. The van der Waals surface area contributed by atoms with Crippen molar-refractivity contribution in [2.24, 2.45) is 0 Å². The second-order valence-electron chi connectivity index (χ2n) is 6.39. The van der Waals surface area contributed by atoms with Crippen LogP contribution in [0.15, 0.2) is 54.7 Å². The molecular weight excluding hydrogens is 359 g/mol. The average Bonchev–Trinajstić information content (AvgIpc) is 3.18. The molecule has 0 saturated heterocycles. The van der Waals surface area contributed by atoms with Crippen LogP contribution in [0.5, 0.6) is 0 Å². The molecule has 0 unspecified atom stereocenters. The highest BCUT2D eigenvalue weighted by atomic mass is 19.1. The first-order chi connectivity index (χ1) is 13.5. The minimum atomic E-state index is -0.364. The second kappa shape index (κ2) is 8.47. The Hall–Kier alpha value is -3.48. The normalized spacial score (nSPS) is 10.5. The van der Waals surface area contributed by atoms with E-state index in [9.17, 15) is 14.0 Å². The Balaban J connectivity index is 1.71. The topological polar surface area (TPSA) is 78.1 Å². The highest BCUT2D eigenvalue weighted by Gasteiger charge is 2.21. The molecular formula is C21H21FN4O2. The third-order valence-corrected chi connectivity index (χ3v) is 4.40. The molecule has 0 saturated carbocycles. The van der Waals surface area contributed by atoms with Gasteiger partial charge in [-0.1, -0.05) is 25.1 Å². The number of amides is 2. The van der Waals surface area contributed by atoms with Gasteiger partial charge in [0, 0.05) is 18.3 Å². The monoisotopic (exact) mass is 380 g/mol. The third-order valence-electron chi connectivity index (χ3n) is 4.40. The molecule has 0 fully saturated rings. The molecule has 0 spiro atoms. The number of H-pyrrole nitrogens is 1. The lowest BCUT2D eigenvalue weighted by Gasteiger charge is -2.17. The van der Waals surface area contributed by atoms with E-state index in [1.54, 1.807) is 19.2 Å². The maximum Gasteiger partial charge on any atom is 0.257 e. The van der Waals surface area contributed by atoms with Gasteiger partial charge in [-0.2, -0.15) is 5.10 Å². The van der Waals surface area contributed by atoms with E-state index in [-0.39, 0.29) is 24.2 Å². The summed E-state index contributed by atoms with van der Waals surface area (Å²) in [5, 5.41) is 9.54. The summed E-state index contributed by atoms with van der Waals surface area (Å²) in [5.74, 6) is -1.01. The molecule has 0 radical (unpaired) electrons. The molecule has 0 aliphatic rings. The van der Waals surface area contributed by atoms with E-state index in [2.05, 4.69) is 15.5 Å². The fourth-order valence-corrected chi connectivity index (χ4v) is 2.92. The maximum atomic E-state index is 13.1. The highest BCUT2D eigenvalue weighted by Crippen LogP contribution is 2.22. The summed E-state index contributed by atoms with van der Waals surface area (Å²) >= 11 is 0. The Morgan fingerprint density at radius 3 is 2.57 bits per heavy atom. The van der Waals surface area contributed by atoms with Gasteiger partial charge >= 0.3 is 0 Å². The van der Waals surface area contributed by atoms with Crippen LogP contribution < -0.4 is 5.32 Å². The van der Waals surface area contributed by atoms with Crippen molar-refractivity contribution in [1.82, 2.24) is 15.1 Å². The minimum Gasteiger partial charge on any atom is -0.332 e. The van der Waals surface area contributed by atoms with Crippen molar-refractivity contribution >= 4 is 17.5 Å². The van der Waals surface area contributed by atoms with Crippen molar-refractivity contribution in [3.05, 3.63) is 71.7 Å². The molecule has 0 bridgehead atoms. The van der Waals surface area contributed by atoms with Crippen molar-refractivity contribution in [1.29, 1.82) is 0 Å². The molecule has 0 aliphatic heterocycles. The quantitative estimate of drug-likeness (QED) is 0.687. The smallest absolute Gasteiger partial charge is 0.257 e. The molecule has 0 aliphatic carbocycles. The molecule has 28 heavy (non-hydrogen) atoms. The number of aryl methyl sites for hydroxylation is 1. The van der Waals surface area contributed by atoms with Crippen LogP contribution in [-0.4, -0.2) is 40.5 Å². The van der Waals surface area contributed by atoms with Crippen LogP contribution in [0.3, 0.4) is 0 Å². The number of hydrogen-bond acceptors (Lipinski definition) is 3. The zero-order valence-corrected chi connectivity index (χ0v) is 15.7. The van der Waals surface area contributed by atoms with Gasteiger partial charge in [0.2, 0.25) is 5.91 Å². The van der Waals surface area contributed by atoms with Gasteiger partial charge in [0.15, 0.2) is 0 Å². The standard InChI is InChI=1S/C21H21FN4O2/c1-3-14-6-4-5-7-18(14)24-19(27)13-26(2)21(28)17-12-23-25-20(17)15-8-10-16(22)11-9-15/h4-12H,3,13H2,1-2H3,(H,23,25)(H,24,27). The summed E-state index contributed by atoms with van der Waals surface area (Å²) in [4.78, 5) is 26.5. The van der Waals surface area contributed by atoms with Gasteiger partial charge in [-0.05, 0) is 42.3 Å². The van der Waals surface area contributed by atoms with Crippen LogP contribution >= 0.6 is 0 Å².